The minimum absolute atomic E-state index is 0.271. The Morgan fingerprint density at radius 1 is 1.46 bits per heavy atom. The molecule has 0 amide bonds. The fraction of sp³-hybridized carbons (Fsp3) is 0.250. The largest absolute Gasteiger partial charge is 0.290 e. The van der Waals surface area contributed by atoms with Gasteiger partial charge in [-0.15, -0.1) is 11.8 Å². The smallest absolute Gasteiger partial charge is 0.218 e. The standard InChI is InChI=1S/C8H6N2O2S/c11-6-3-13-8(7(6)12)5-1-2-9-4-10-5/h1-2,4,8H,3H2. The van der Waals surface area contributed by atoms with Gasteiger partial charge in [-0.2, -0.15) is 0 Å². The van der Waals surface area contributed by atoms with Gasteiger partial charge in [-0.3, -0.25) is 9.59 Å². The zero-order valence-electron chi connectivity index (χ0n) is 6.64. The third-order valence-electron chi connectivity index (χ3n) is 1.77. The number of ketones is 2. The Hall–Kier alpha value is -1.23. The second-order valence-electron chi connectivity index (χ2n) is 2.61. The fourth-order valence-corrected chi connectivity index (χ4v) is 2.18. The second-order valence-corrected chi connectivity index (χ2v) is 3.71. The van der Waals surface area contributed by atoms with Crippen molar-refractivity contribution in [2.75, 3.05) is 5.75 Å². The lowest BCUT2D eigenvalue weighted by Crippen LogP contribution is -2.13. The van der Waals surface area contributed by atoms with Crippen LogP contribution in [0.2, 0.25) is 0 Å². The summed E-state index contributed by atoms with van der Waals surface area (Å²) in [4.78, 5) is 29.9. The number of thioether (sulfide) groups is 1. The Labute approximate surface area is 78.8 Å². The van der Waals surface area contributed by atoms with Crippen LogP contribution in [0.25, 0.3) is 0 Å². The number of rotatable bonds is 1. The van der Waals surface area contributed by atoms with Crippen LogP contribution < -0.4 is 0 Å². The van der Waals surface area contributed by atoms with Gasteiger partial charge in [0, 0.05) is 6.20 Å². The Bertz CT molecular complexity index is 352. The van der Waals surface area contributed by atoms with E-state index < -0.39 is 5.25 Å². The average Bonchev–Trinajstić information content (AvgIpc) is 2.49. The molecule has 5 heteroatoms. The first-order valence-corrected chi connectivity index (χ1v) is 4.78. The fourth-order valence-electron chi connectivity index (χ4n) is 1.13. The van der Waals surface area contributed by atoms with Crippen molar-refractivity contribution >= 4 is 23.3 Å². The third-order valence-corrected chi connectivity index (χ3v) is 2.99. The van der Waals surface area contributed by atoms with E-state index in [0.717, 1.165) is 0 Å². The predicted octanol–water partition coefficient (Wildman–Crippen LogP) is 0.403. The predicted molar refractivity (Wildman–Crippen MR) is 47.2 cm³/mol. The molecule has 4 nitrogen and oxygen atoms in total. The molecule has 1 fully saturated rings. The lowest BCUT2D eigenvalue weighted by Gasteiger charge is -2.02. The first-order chi connectivity index (χ1) is 6.29. The Morgan fingerprint density at radius 3 is 2.85 bits per heavy atom. The molecule has 1 unspecified atom stereocenters. The van der Waals surface area contributed by atoms with Crippen molar-refractivity contribution in [3.8, 4) is 0 Å². The zero-order valence-corrected chi connectivity index (χ0v) is 7.45. The molecule has 0 spiro atoms. The Morgan fingerprint density at radius 2 is 2.31 bits per heavy atom. The minimum atomic E-state index is -0.407. The summed E-state index contributed by atoms with van der Waals surface area (Å²) in [6, 6.07) is 1.66. The van der Waals surface area contributed by atoms with E-state index in [4.69, 9.17) is 0 Å². The van der Waals surface area contributed by atoms with E-state index in [-0.39, 0.29) is 17.3 Å². The molecule has 0 aromatic carbocycles. The van der Waals surface area contributed by atoms with Crippen molar-refractivity contribution in [2.45, 2.75) is 5.25 Å². The normalized spacial score (nSPS) is 22.3. The van der Waals surface area contributed by atoms with Crippen LogP contribution in [-0.4, -0.2) is 27.3 Å². The molecule has 2 rings (SSSR count). The third kappa shape index (κ3) is 1.47. The maximum atomic E-state index is 11.3. The molecule has 1 atom stereocenters. The highest BCUT2D eigenvalue weighted by Crippen LogP contribution is 2.33. The highest BCUT2D eigenvalue weighted by molar-refractivity contribution is 8.02. The molecule has 1 aromatic heterocycles. The number of nitrogens with zero attached hydrogens (tertiary/aromatic N) is 2. The summed E-state index contributed by atoms with van der Waals surface area (Å²) >= 11 is 1.32. The van der Waals surface area contributed by atoms with Crippen molar-refractivity contribution in [3.63, 3.8) is 0 Å². The average molecular weight is 194 g/mol. The van der Waals surface area contributed by atoms with E-state index in [1.807, 2.05) is 0 Å². The van der Waals surface area contributed by atoms with Crippen molar-refractivity contribution < 1.29 is 9.59 Å². The van der Waals surface area contributed by atoms with Crippen LogP contribution in [0.4, 0.5) is 0 Å². The van der Waals surface area contributed by atoms with Crippen LogP contribution in [0.5, 0.6) is 0 Å². The van der Waals surface area contributed by atoms with Gasteiger partial charge in [-0.05, 0) is 6.07 Å². The first kappa shape index (κ1) is 8.37. The molecule has 66 valence electrons. The molecule has 1 aromatic rings. The topological polar surface area (TPSA) is 59.9 Å². The van der Waals surface area contributed by atoms with Crippen LogP contribution >= 0.6 is 11.8 Å². The summed E-state index contributed by atoms with van der Waals surface area (Å²) in [7, 11) is 0. The van der Waals surface area contributed by atoms with Crippen LogP contribution in [0.15, 0.2) is 18.6 Å². The molecule has 1 saturated heterocycles. The quantitative estimate of drug-likeness (QED) is 0.606. The van der Waals surface area contributed by atoms with Gasteiger partial charge in [-0.25, -0.2) is 9.97 Å². The van der Waals surface area contributed by atoms with E-state index >= 15 is 0 Å². The Balaban J connectivity index is 2.29. The van der Waals surface area contributed by atoms with Crippen molar-refractivity contribution in [2.24, 2.45) is 0 Å². The summed E-state index contributed by atoms with van der Waals surface area (Å²) in [6.07, 6.45) is 2.95. The van der Waals surface area contributed by atoms with E-state index in [1.165, 1.54) is 18.1 Å². The van der Waals surface area contributed by atoms with Gasteiger partial charge in [0.2, 0.25) is 11.6 Å². The van der Waals surface area contributed by atoms with Crippen molar-refractivity contribution in [1.29, 1.82) is 0 Å². The lowest BCUT2D eigenvalue weighted by molar-refractivity contribution is -0.134. The van der Waals surface area contributed by atoms with Crippen LogP contribution in [-0.2, 0) is 9.59 Å². The van der Waals surface area contributed by atoms with E-state index in [0.29, 0.717) is 5.69 Å². The van der Waals surface area contributed by atoms with Crippen LogP contribution in [0, 0.1) is 0 Å². The summed E-state index contributed by atoms with van der Waals surface area (Å²) in [5, 5.41) is -0.407. The molecule has 0 bridgehead atoms. The molecule has 0 N–H and O–H groups in total. The molecule has 0 saturated carbocycles. The summed E-state index contributed by atoms with van der Waals surface area (Å²) in [5.74, 6) is -0.384. The van der Waals surface area contributed by atoms with Crippen LogP contribution in [0.3, 0.4) is 0 Å². The molecule has 1 aliphatic rings. The zero-order chi connectivity index (χ0) is 9.26. The van der Waals surface area contributed by atoms with Crippen molar-refractivity contribution in [1.82, 2.24) is 9.97 Å². The van der Waals surface area contributed by atoms with Crippen LogP contribution in [0.1, 0.15) is 10.9 Å². The monoisotopic (exact) mass is 194 g/mol. The summed E-state index contributed by atoms with van der Waals surface area (Å²) in [5.41, 5.74) is 0.621. The highest BCUT2D eigenvalue weighted by atomic mass is 32.2. The number of carbonyl (C=O) groups excluding carboxylic acids is 2. The second kappa shape index (κ2) is 3.26. The Kier molecular flexibility index (Phi) is 2.10. The van der Waals surface area contributed by atoms with Gasteiger partial charge in [0.05, 0.1) is 11.4 Å². The number of hydrogen-bond acceptors (Lipinski definition) is 5. The van der Waals surface area contributed by atoms with Gasteiger partial charge < -0.3 is 0 Å². The maximum Gasteiger partial charge on any atom is 0.218 e. The molecule has 0 radical (unpaired) electrons. The van der Waals surface area contributed by atoms with Gasteiger partial charge in [-0.1, -0.05) is 0 Å². The van der Waals surface area contributed by atoms with Gasteiger partial charge in [0.1, 0.15) is 11.6 Å². The van der Waals surface area contributed by atoms with Gasteiger partial charge in [0.25, 0.3) is 0 Å². The lowest BCUT2D eigenvalue weighted by atomic mass is 10.1. The SMILES string of the molecule is O=C1CSC(c2ccncn2)C1=O. The molecular formula is C8H6N2O2S. The number of aromatic nitrogens is 2. The van der Waals surface area contributed by atoms with E-state index in [2.05, 4.69) is 9.97 Å². The van der Waals surface area contributed by atoms with Crippen molar-refractivity contribution in [3.05, 3.63) is 24.3 Å². The minimum Gasteiger partial charge on any atom is -0.290 e. The summed E-state index contributed by atoms with van der Waals surface area (Å²) < 4.78 is 0. The van der Waals surface area contributed by atoms with Gasteiger partial charge >= 0.3 is 0 Å². The highest BCUT2D eigenvalue weighted by Gasteiger charge is 2.34. The molecular weight excluding hydrogens is 188 g/mol. The van der Waals surface area contributed by atoms with E-state index in [1.54, 1.807) is 12.3 Å². The van der Waals surface area contributed by atoms with E-state index in [9.17, 15) is 9.59 Å². The molecule has 13 heavy (non-hydrogen) atoms. The number of carbonyl (C=O) groups is 2. The maximum absolute atomic E-state index is 11.3. The molecule has 1 aliphatic heterocycles. The van der Waals surface area contributed by atoms with Gasteiger partial charge in [0.15, 0.2) is 0 Å². The first-order valence-electron chi connectivity index (χ1n) is 3.73. The number of hydrogen-bond donors (Lipinski definition) is 0. The molecule has 2 heterocycles. The molecule has 0 aliphatic carbocycles. The number of Topliss-reactive ketones (excluding diaryl/α,β-unsaturated/α-hetero) is 2. The summed E-state index contributed by atoms with van der Waals surface area (Å²) in [6.45, 7) is 0.